The Bertz CT molecular complexity index is 270. The third-order valence-electron chi connectivity index (χ3n) is 4.18. The van der Waals surface area contributed by atoms with Crippen LogP contribution >= 0.6 is 0 Å². The maximum atomic E-state index is 2.46. The minimum atomic E-state index is 0.965. The van der Waals surface area contributed by atoms with Gasteiger partial charge in [-0.2, -0.15) is 0 Å². The minimum absolute atomic E-state index is 0.965. The monoisotopic (exact) mass is 234 g/mol. The zero-order chi connectivity index (χ0) is 12.7. The second-order valence-electron chi connectivity index (χ2n) is 6.07. The predicted molar refractivity (Wildman–Crippen MR) is 78.2 cm³/mol. The van der Waals surface area contributed by atoms with Gasteiger partial charge in [0.1, 0.15) is 0 Å². The molecule has 0 nitrogen and oxygen atoms in total. The second-order valence-corrected chi connectivity index (χ2v) is 6.07. The van der Waals surface area contributed by atoms with E-state index in [-0.39, 0.29) is 0 Å². The minimum Gasteiger partial charge on any atom is -0.0887 e. The Morgan fingerprint density at radius 1 is 1.18 bits per heavy atom. The highest BCUT2D eigenvalue weighted by molar-refractivity contribution is 5.03. The van der Waals surface area contributed by atoms with E-state index >= 15 is 0 Å². The van der Waals surface area contributed by atoms with Crippen LogP contribution in [0.2, 0.25) is 0 Å². The summed E-state index contributed by atoms with van der Waals surface area (Å²) in [7, 11) is 0. The molecule has 1 fully saturated rings. The highest BCUT2D eigenvalue weighted by Gasteiger charge is 2.18. The molecular formula is C17H30. The lowest BCUT2D eigenvalue weighted by atomic mass is 9.79. The lowest BCUT2D eigenvalue weighted by Gasteiger charge is -2.26. The van der Waals surface area contributed by atoms with E-state index in [0.29, 0.717) is 0 Å². The van der Waals surface area contributed by atoms with E-state index < -0.39 is 0 Å². The Morgan fingerprint density at radius 3 is 2.59 bits per heavy atom. The number of rotatable bonds is 5. The summed E-state index contributed by atoms with van der Waals surface area (Å²) in [4.78, 5) is 0. The quantitative estimate of drug-likeness (QED) is 0.520. The molecule has 1 rings (SSSR count). The Morgan fingerprint density at radius 2 is 1.94 bits per heavy atom. The van der Waals surface area contributed by atoms with Crippen LogP contribution in [0.25, 0.3) is 0 Å². The van der Waals surface area contributed by atoms with E-state index in [0.717, 1.165) is 11.8 Å². The summed E-state index contributed by atoms with van der Waals surface area (Å²) >= 11 is 0. The van der Waals surface area contributed by atoms with Gasteiger partial charge in [0.2, 0.25) is 0 Å². The van der Waals surface area contributed by atoms with Gasteiger partial charge < -0.3 is 0 Å². The molecule has 0 heterocycles. The maximum absolute atomic E-state index is 2.46. The summed E-state index contributed by atoms with van der Waals surface area (Å²) in [5.41, 5.74) is 3.13. The van der Waals surface area contributed by atoms with Crippen LogP contribution in [0.4, 0.5) is 0 Å². The van der Waals surface area contributed by atoms with Gasteiger partial charge in [-0.15, -0.1) is 0 Å². The van der Waals surface area contributed by atoms with Gasteiger partial charge in [0.25, 0.3) is 0 Å². The average molecular weight is 234 g/mol. The van der Waals surface area contributed by atoms with Crippen molar-refractivity contribution in [2.45, 2.75) is 72.6 Å². The van der Waals surface area contributed by atoms with Crippen LogP contribution in [0.5, 0.6) is 0 Å². The van der Waals surface area contributed by atoms with Gasteiger partial charge in [-0.05, 0) is 58.3 Å². The van der Waals surface area contributed by atoms with Crippen LogP contribution in [0.1, 0.15) is 72.6 Å². The maximum Gasteiger partial charge on any atom is -0.0288 e. The Labute approximate surface area is 108 Å². The number of hydrogen-bond acceptors (Lipinski definition) is 0. The van der Waals surface area contributed by atoms with Crippen molar-refractivity contribution in [2.75, 3.05) is 0 Å². The molecule has 0 amide bonds. The van der Waals surface area contributed by atoms with Crippen molar-refractivity contribution in [3.05, 3.63) is 23.3 Å². The fraction of sp³-hybridized carbons (Fsp3) is 0.765. The van der Waals surface area contributed by atoms with E-state index in [1.807, 2.05) is 0 Å². The molecule has 0 aromatic rings. The van der Waals surface area contributed by atoms with E-state index in [4.69, 9.17) is 0 Å². The predicted octanol–water partition coefficient (Wildman–Crippen LogP) is 5.90. The molecule has 1 aliphatic rings. The molecule has 0 radical (unpaired) electrons. The van der Waals surface area contributed by atoms with Crippen LogP contribution in [0, 0.1) is 11.8 Å². The van der Waals surface area contributed by atoms with Crippen LogP contribution < -0.4 is 0 Å². The number of allylic oxidation sites excluding steroid dienone is 4. The molecule has 98 valence electrons. The van der Waals surface area contributed by atoms with Crippen molar-refractivity contribution in [3.8, 4) is 0 Å². The molecule has 1 aliphatic carbocycles. The molecule has 0 aromatic carbocycles. The van der Waals surface area contributed by atoms with Crippen molar-refractivity contribution in [1.82, 2.24) is 0 Å². The smallest absolute Gasteiger partial charge is 0.0288 e. The van der Waals surface area contributed by atoms with E-state index in [1.54, 1.807) is 5.57 Å². The first-order chi connectivity index (χ1) is 8.11. The average Bonchev–Trinajstić information content (AvgIpc) is 2.28. The summed E-state index contributed by atoms with van der Waals surface area (Å²) in [5, 5.41) is 0. The fourth-order valence-corrected chi connectivity index (χ4v) is 2.97. The number of hydrogen-bond donors (Lipinski definition) is 0. The molecule has 2 atom stereocenters. The highest BCUT2D eigenvalue weighted by atomic mass is 14.2. The first kappa shape index (κ1) is 14.5. The lowest BCUT2D eigenvalue weighted by Crippen LogP contribution is -2.13. The second kappa shape index (κ2) is 7.74. The van der Waals surface area contributed by atoms with Crippen LogP contribution in [-0.2, 0) is 0 Å². The van der Waals surface area contributed by atoms with Crippen LogP contribution in [-0.4, -0.2) is 0 Å². The van der Waals surface area contributed by atoms with Crippen LogP contribution in [0.15, 0.2) is 23.3 Å². The Kier molecular flexibility index (Phi) is 6.62. The summed E-state index contributed by atoms with van der Waals surface area (Å²) in [6, 6.07) is 0. The molecule has 0 aliphatic heterocycles. The zero-order valence-corrected chi connectivity index (χ0v) is 12.3. The molecule has 2 unspecified atom stereocenters. The molecule has 0 aromatic heterocycles. The van der Waals surface area contributed by atoms with Crippen molar-refractivity contribution in [1.29, 1.82) is 0 Å². The molecule has 17 heavy (non-hydrogen) atoms. The zero-order valence-electron chi connectivity index (χ0n) is 12.3. The molecule has 0 spiro atoms. The highest BCUT2D eigenvalue weighted by Crippen LogP contribution is 2.32. The van der Waals surface area contributed by atoms with Crippen molar-refractivity contribution < 1.29 is 0 Å². The van der Waals surface area contributed by atoms with Gasteiger partial charge >= 0.3 is 0 Å². The van der Waals surface area contributed by atoms with Gasteiger partial charge in [-0.3, -0.25) is 0 Å². The largest absolute Gasteiger partial charge is 0.0887 e. The van der Waals surface area contributed by atoms with E-state index in [9.17, 15) is 0 Å². The van der Waals surface area contributed by atoms with Crippen molar-refractivity contribution in [3.63, 3.8) is 0 Å². The van der Waals surface area contributed by atoms with Gasteiger partial charge in [-0.1, -0.05) is 49.5 Å². The first-order valence-electron chi connectivity index (χ1n) is 7.39. The molecular weight excluding hydrogens is 204 g/mol. The Balaban J connectivity index is 2.27. The van der Waals surface area contributed by atoms with E-state index in [1.165, 1.54) is 50.5 Å². The summed E-state index contributed by atoms with van der Waals surface area (Å²) < 4.78 is 0. The molecule has 0 N–H and O–H groups in total. The summed E-state index contributed by atoms with van der Waals surface area (Å²) in [6.07, 6.45) is 14.3. The molecule has 0 heteroatoms. The Hall–Kier alpha value is -0.520. The fourth-order valence-electron chi connectivity index (χ4n) is 2.97. The molecule has 1 saturated carbocycles. The molecule has 0 bridgehead atoms. The standard InChI is InChI=1S/C17H30/c1-5-14(2)8-6-9-15(3)12-17-11-7-10-16(4)13-17/h5,9,16-17H,6-8,10-13H2,1-4H3/b14-5-,15-9-. The van der Waals surface area contributed by atoms with Gasteiger partial charge in [-0.25, -0.2) is 0 Å². The normalized spacial score (nSPS) is 27.3. The third kappa shape index (κ3) is 6.10. The first-order valence-corrected chi connectivity index (χ1v) is 7.39. The van der Waals surface area contributed by atoms with Gasteiger partial charge in [0.15, 0.2) is 0 Å². The lowest BCUT2D eigenvalue weighted by molar-refractivity contribution is 0.281. The topological polar surface area (TPSA) is 0 Å². The summed E-state index contributed by atoms with van der Waals surface area (Å²) in [6.45, 7) is 9.10. The van der Waals surface area contributed by atoms with Crippen molar-refractivity contribution in [2.24, 2.45) is 11.8 Å². The third-order valence-corrected chi connectivity index (χ3v) is 4.18. The van der Waals surface area contributed by atoms with Gasteiger partial charge in [0, 0.05) is 0 Å². The molecule has 0 saturated heterocycles. The van der Waals surface area contributed by atoms with Gasteiger partial charge in [0.05, 0.1) is 0 Å². The van der Waals surface area contributed by atoms with Crippen molar-refractivity contribution >= 4 is 0 Å². The summed E-state index contributed by atoms with van der Waals surface area (Å²) in [5.74, 6) is 1.93. The van der Waals surface area contributed by atoms with Crippen LogP contribution in [0.3, 0.4) is 0 Å². The SMILES string of the molecule is C/C=C(/C)CC/C=C(/C)CC1CCCC(C)C1. The van der Waals surface area contributed by atoms with E-state index in [2.05, 4.69) is 39.8 Å².